The van der Waals surface area contributed by atoms with E-state index in [1.807, 2.05) is 29.2 Å². The van der Waals surface area contributed by atoms with Gasteiger partial charge in [-0.2, -0.15) is 0 Å². The molecule has 142 valence electrons. The summed E-state index contributed by atoms with van der Waals surface area (Å²) >= 11 is 1.56. The maximum absolute atomic E-state index is 12.9. The maximum atomic E-state index is 12.9. The van der Waals surface area contributed by atoms with E-state index < -0.39 is 23.1 Å². The number of carbonyl (C=O) groups is 1. The molecule has 1 atom stereocenters. The third kappa shape index (κ3) is 3.31. The Hall–Kier alpha value is -2.78. The molecule has 2 aromatic heterocycles. The van der Waals surface area contributed by atoms with E-state index in [9.17, 15) is 14.4 Å². The molecule has 8 nitrogen and oxygen atoms in total. The van der Waals surface area contributed by atoms with E-state index >= 15 is 0 Å². The Morgan fingerprint density at radius 2 is 1.93 bits per heavy atom. The summed E-state index contributed by atoms with van der Waals surface area (Å²) in [5.74, 6) is -0.541. The van der Waals surface area contributed by atoms with Gasteiger partial charge in [0.2, 0.25) is 0 Å². The zero-order valence-corrected chi connectivity index (χ0v) is 16.4. The molecule has 0 spiro atoms. The van der Waals surface area contributed by atoms with Gasteiger partial charge in [0, 0.05) is 14.1 Å². The van der Waals surface area contributed by atoms with Gasteiger partial charge in [-0.05, 0) is 26.1 Å². The number of nitrogens with two attached hydrogens (primary N) is 1. The first-order chi connectivity index (χ1) is 12.7. The van der Waals surface area contributed by atoms with Crippen LogP contribution in [0.5, 0.6) is 0 Å². The zero-order chi connectivity index (χ0) is 19.9. The van der Waals surface area contributed by atoms with E-state index in [1.54, 1.807) is 25.3 Å². The molecule has 0 aliphatic heterocycles. The Bertz CT molecular complexity index is 1110. The van der Waals surface area contributed by atoms with Crippen LogP contribution in [0.15, 0.2) is 33.9 Å². The van der Waals surface area contributed by atoms with E-state index in [0.29, 0.717) is 6.54 Å². The number of hydrogen-bond acceptors (Lipinski definition) is 7. The summed E-state index contributed by atoms with van der Waals surface area (Å²) in [6.07, 6.45) is 0. The Labute approximate surface area is 159 Å². The zero-order valence-electron chi connectivity index (χ0n) is 15.6. The van der Waals surface area contributed by atoms with Crippen molar-refractivity contribution in [3.8, 4) is 0 Å². The van der Waals surface area contributed by atoms with E-state index in [0.717, 1.165) is 24.4 Å². The fourth-order valence-electron chi connectivity index (χ4n) is 2.84. The number of benzene rings is 1. The molecule has 9 heteroatoms. The summed E-state index contributed by atoms with van der Waals surface area (Å²) < 4.78 is 3.08. The SMILES string of the molecule is CC(C(=O)c1c(N)n(C)c(=O)n(C)c1=O)N(C)Cc1nc2ccccc2s1. The first kappa shape index (κ1) is 19.0. The predicted octanol–water partition coefficient (Wildman–Crippen LogP) is 0.979. The number of hydrogen-bond donors (Lipinski definition) is 1. The number of rotatable bonds is 5. The number of anilines is 1. The van der Waals surface area contributed by atoms with Gasteiger partial charge >= 0.3 is 5.69 Å². The number of thiazole rings is 1. The largest absolute Gasteiger partial charge is 0.384 e. The highest BCUT2D eigenvalue weighted by Crippen LogP contribution is 2.23. The second-order valence-electron chi connectivity index (χ2n) is 6.50. The molecule has 0 bridgehead atoms. The molecule has 2 N–H and O–H groups in total. The maximum Gasteiger partial charge on any atom is 0.332 e. The Morgan fingerprint density at radius 1 is 1.26 bits per heavy atom. The van der Waals surface area contributed by atoms with Gasteiger partial charge in [-0.15, -0.1) is 11.3 Å². The van der Waals surface area contributed by atoms with E-state index in [1.165, 1.54) is 14.1 Å². The third-order valence-corrected chi connectivity index (χ3v) is 5.74. The second-order valence-corrected chi connectivity index (χ2v) is 7.61. The number of aromatic nitrogens is 3. The summed E-state index contributed by atoms with van der Waals surface area (Å²) in [5.41, 5.74) is 5.40. The van der Waals surface area contributed by atoms with Gasteiger partial charge in [-0.25, -0.2) is 9.78 Å². The highest BCUT2D eigenvalue weighted by molar-refractivity contribution is 7.18. The van der Waals surface area contributed by atoms with Crippen molar-refractivity contribution in [2.45, 2.75) is 19.5 Å². The number of likely N-dealkylation sites (N-methyl/N-ethyl adjacent to an activating group) is 1. The molecule has 27 heavy (non-hydrogen) atoms. The predicted molar refractivity (Wildman–Crippen MR) is 106 cm³/mol. The Balaban J connectivity index is 1.89. The number of para-hydroxylation sites is 1. The molecule has 0 saturated carbocycles. The lowest BCUT2D eigenvalue weighted by atomic mass is 10.1. The molecule has 0 fully saturated rings. The van der Waals surface area contributed by atoms with Gasteiger partial charge in [0.15, 0.2) is 5.78 Å². The van der Waals surface area contributed by atoms with Crippen LogP contribution in [-0.4, -0.2) is 37.9 Å². The van der Waals surface area contributed by atoms with Gasteiger partial charge < -0.3 is 5.73 Å². The van der Waals surface area contributed by atoms with Crippen LogP contribution in [0.4, 0.5) is 5.82 Å². The Kier molecular flexibility index (Phi) is 4.99. The lowest BCUT2D eigenvalue weighted by molar-refractivity contribution is 0.0860. The minimum absolute atomic E-state index is 0.117. The average Bonchev–Trinajstić information content (AvgIpc) is 3.06. The van der Waals surface area contributed by atoms with Crippen molar-refractivity contribution in [2.24, 2.45) is 14.1 Å². The highest BCUT2D eigenvalue weighted by atomic mass is 32.1. The van der Waals surface area contributed by atoms with E-state index in [2.05, 4.69) is 4.98 Å². The van der Waals surface area contributed by atoms with Crippen molar-refractivity contribution < 1.29 is 4.79 Å². The van der Waals surface area contributed by atoms with Crippen molar-refractivity contribution in [1.82, 2.24) is 19.0 Å². The summed E-state index contributed by atoms with van der Waals surface area (Å²) in [4.78, 5) is 43.7. The molecule has 3 rings (SSSR count). The molecule has 3 aromatic rings. The third-order valence-electron chi connectivity index (χ3n) is 4.72. The Morgan fingerprint density at radius 3 is 2.59 bits per heavy atom. The first-order valence-corrected chi connectivity index (χ1v) is 9.18. The molecule has 0 aliphatic rings. The molecule has 0 radical (unpaired) electrons. The van der Waals surface area contributed by atoms with Crippen LogP contribution in [0.25, 0.3) is 10.2 Å². The minimum atomic E-state index is -0.680. The smallest absolute Gasteiger partial charge is 0.332 e. The van der Waals surface area contributed by atoms with Crippen molar-refractivity contribution in [3.05, 3.63) is 55.7 Å². The van der Waals surface area contributed by atoms with Gasteiger partial charge in [-0.3, -0.25) is 23.6 Å². The fraction of sp³-hybridized carbons (Fsp3) is 0.333. The summed E-state index contributed by atoms with van der Waals surface area (Å²) in [5, 5.41) is 0.875. The molecule has 1 aromatic carbocycles. The van der Waals surface area contributed by atoms with Crippen LogP contribution in [0.1, 0.15) is 22.3 Å². The summed E-state index contributed by atoms with van der Waals surface area (Å²) in [6.45, 7) is 2.16. The molecule has 2 heterocycles. The van der Waals surface area contributed by atoms with E-state index in [-0.39, 0.29) is 11.4 Å². The van der Waals surface area contributed by atoms with Gasteiger partial charge in [-0.1, -0.05) is 12.1 Å². The fourth-order valence-corrected chi connectivity index (χ4v) is 3.87. The number of nitrogens with zero attached hydrogens (tertiary/aromatic N) is 4. The summed E-state index contributed by atoms with van der Waals surface area (Å²) in [6, 6.07) is 7.22. The summed E-state index contributed by atoms with van der Waals surface area (Å²) in [7, 11) is 4.55. The molecule has 0 aliphatic carbocycles. The molecular formula is C18H21N5O3S. The number of ketones is 1. The molecule has 0 amide bonds. The lowest BCUT2D eigenvalue weighted by Crippen LogP contribution is -2.45. The van der Waals surface area contributed by atoms with Crippen LogP contribution >= 0.6 is 11.3 Å². The first-order valence-electron chi connectivity index (χ1n) is 8.36. The lowest BCUT2D eigenvalue weighted by Gasteiger charge is -2.23. The van der Waals surface area contributed by atoms with Crippen LogP contribution < -0.4 is 17.0 Å². The van der Waals surface area contributed by atoms with Crippen molar-refractivity contribution in [1.29, 1.82) is 0 Å². The van der Waals surface area contributed by atoms with Crippen molar-refractivity contribution in [3.63, 3.8) is 0 Å². The average molecular weight is 387 g/mol. The quantitative estimate of drug-likeness (QED) is 0.655. The monoisotopic (exact) mass is 387 g/mol. The molecular weight excluding hydrogens is 366 g/mol. The van der Waals surface area contributed by atoms with E-state index in [4.69, 9.17) is 5.73 Å². The number of nitrogen functional groups attached to an aromatic ring is 1. The number of fused-ring (bicyclic) bond motifs is 1. The van der Waals surface area contributed by atoms with Gasteiger partial charge in [0.1, 0.15) is 16.4 Å². The topological polar surface area (TPSA) is 103 Å². The van der Waals surface area contributed by atoms with Gasteiger partial charge in [0.05, 0.1) is 22.8 Å². The molecule has 1 unspecified atom stereocenters. The van der Waals surface area contributed by atoms with Crippen molar-refractivity contribution in [2.75, 3.05) is 12.8 Å². The van der Waals surface area contributed by atoms with Crippen LogP contribution in [0.2, 0.25) is 0 Å². The number of Topliss-reactive ketones (excluding diaryl/α,β-unsaturated/α-hetero) is 1. The van der Waals surface area contributed by atoms with Gasteiger partial charge in [0.25, 0.3) is 5.56 Å². The van der Waals surface area contributed by atoms with Crippen molar-refractivity contribution >= 4 is 33.2 Å². The number of carbonyl (C=O) groups excluding carboxylic acids is 1. The highest BCUT2D eigenvalue weighted by Gasteiger charge is 2.27. The normalized spacial score (nSPS) is 12.6. The minimum Gasteiger partial charge on any atom is -0.384 e. The van der Waals surface area contributed by atoms with Crippen LogP contribution in [0.3, 0.4) is 0 Å². The second kappa shape index (κ2) is 7.09. The van der Waals surface area contributed by atoms with Crippen LogP contribution in [-0.2, 0) is 20.6 Å². The molecule has 0 saturated heterocycles. The van der Waals surface area contributed by atoms with Crippen LogP contribution in [0, 0.1) is 0 Å². The standard InChI is InChI=1S/C18H21N5O3S/c1-10(15(24)14-16(19)22(3)18(26)23(4)17(14)25)21(2)9-13-20-11-7-5-6-8-12(11)27-13/h5-8,10H,9,19H2,1-4H3.